The van der Waals surface area contributed by atoms with Gasteiger partial charge in [-0.25, -0.2) is 0 Å². The van der Waals surface area contributed by atoms with E-state index in [0.29, 0.717) is 11.5 Å². The van der Waals surface area contributed by atoms with E-state index in [1.807, 2.05) is 24.3 Å². The van der Waals surface area contributed by atoms with Gasteiger partial charge in [-0.1, -0.05) is 44.0 Å². The van der Waals surface area contributed by atoms with Crippen LogP contribution in [0.25, 0.3) is 0 Å². The first-order valence-corrected chi connectivity index (χ1v) is 8.05. The highest BCUT2D eigenvalue weighted by Gasteiger charge is 2.15. The molecule has 112 valence electrons. The van der Waals surface area contributed by atoms with E-state index >= 15 is 0 Å². The Kier molecular flexibility index (Phi) is 5.67. The van der Waals surface area contributed by atoms with Gasteiger partial charge in [0.05, 0.1) is 14.2 Å². The second kappa shape index (κ2) is 7.29. The minimum absolute atomic E-state index is 0.131. The van der Waals surface area contributed by atoms with Crippen LogP contribution in [0.4, 0.5) is 0 Å². The van der Waals surface area contributed by atoms with E-state index < -0.39 is 0 Å². The molecule has 2 aromatic rings. The number of hydrogen-bond acceptors (Lipinski definition) is 3. The maximum absolute atomic E-state index is 6.35. The number of ether oxygens (including phenoxy) is 2. The molecular weight excluding hydrogens is 398 g/mol. The van der Waals surface area contributed by atoms with E-state index in [1.54, 1.807) is 14.2 Å². The summed E-state index contributed by atoms with van der Waals surface area (Å²) in [5.41, 5.74) is 8.52. The molecule has 0 fully saturated rings. The van der Waals surface area contributed by atoms with Gasteiger partial charge in [0, 0.05) is 15.0 Å². The van der Waals surface area contributed by atoms with E-state index in [2.05, 4.69) is 44.0 Å². The van der Waals surface area contributed by atoms with Gasteiger partial charge in [-0.05, 0) is 41.8 Å². The predicted octanol–water partition coefficient (Wildman–Crippen LogP) is 4.47. The molecule has 2 N–H and O–H groups in total. The molecule has 0 spiro atoms. The van der Waals surface area contributed by atoms with Gasteiger partial charge in [-0.3, -0.25) is 0 Å². The van der Waals surface area contributed by atoms with Crippen LogP contribution in [0.3, 0.4) is 0 Å². The summed E-state index contributed by atoms with van der Waals surface area (Å²) < 4.78 is 12.6. The van der Waals surface area contributed by atoms with Crippen LogP contribution in [0, 0.1) is 0 Å². The minimum Gasteiger partial charge on any atom is -0.493 e. The number of methoxy groups -OCH3 is 2. The van der Waals surface area contributed by atoms with Gasteiger partial charge in [-0.15, -0.1) is 0 Å². The van der Waals surface area contributed by atoms with Gasteiger partial charge < -0.3 is 15.2 Å². The molecule has 0 aliphatic heterocycles. The van der Waals surface area contributed by atoms with Crippen molar-refractivity contribution in [1.29, 1.82) is 0 Å². The van der Waals surface area contributed by atoms with E-state index in [1.165, 1.54) is 5.56 Å². The molecule has 0 amide bonds. The first-order valence-electron chi connectivity index (χ1n) is 6.46. The lowest BCUT2D eigenvalue weighted by atomic mass is 9.99. The molecule has 5 heteroatoms. The second-order valence-corrected chi connectivity index (χ2v) is 6.44. The van der Waals surface area contributed by atoms with Crippen LogP contribution >= 0.6 is 31.9 Å². The highest BCUT2D eigenvalue weighted by atomic mass is 79.9. The first-order chi connectivity index (χ1) is 10.0. The summed E-state index contributed by atoms with van der Waals surface area (Å²) in [7, 11) is 3.24. The van der Waals surface area contributed by atoms with Crippen molar-refractivity contribution < 1.29 is 9.47 Å². The molecule has 2 aromatic carbocycles. The molecule has 2 rings (SSSR count). The van der Waals surface area contributed by atoms with Gasteiger partial charge in [0.15, 0.2) is 11.5 Å². The molecule has 0 saturated heterocycles. The molecule has 1 atom stereocenters. The van der Waals surface area contributed by atoms with Crippen LogP contribution in [0.15, 0.2) is 45.3 Å². The van der Waals surface area contributed by atoms with Crippen LogP contribution in [-0.2, 0) is 6.42 Å². The fraction of sp³-hybridized carbons (Fsp3) is 0.250. The largest absolute Gasteiger partial charge is 0.493 e. The lowest BCUT2D eigenvalue weighted by Crippen LogP contribution is -2.14. The molecule has 21 heavy (non-hydrogen) atoms. The standard InChI is InChI=1S/C16H17Br2NO2/c1-20-15-8-12(13(18)9-16(15)21-2)14(19)7-10-4-3-5-11(17)6-10/h3-6,8-9,14H,7,19H2,1-2H3. The highest BCUT2D eigenvalue weighted by Crippen LogP contribution is 2.36. The van der Waals surface area contributed by atoms with Crippen LogP contribution in [-0.4, -0.2) is 14.2 Å². The number of halogens is 2. The zero-order valence-electron chi connectivity index (χ0n) is 11.9. The Morgan fingerprint density at radius 1 is 1.05 bits per heavy atom. The van der Waals surface area contributed by atoms with Gasteiger partial charge in [0.2, 0.25) is 0 Å². The Bertz CT molecular complexity index is 632. The average Bonchev–Trinajstić information content (AvgIpc) is 2.46. The van der Waals surface area contributed by atoms with Crippen molar-refractivity contribution in [2.24, 2.45) is 5.73 Å². The summed E-state index contributed by atoms with van der Waals surface area (Å²) in [5.74, 6) is 1.36. The summed E-state index contributed by atoms with van der Waals surface area (Å²) >= 11 is 7.03. The molecule has 0 radical (unpaired) electrons. The monoisotopic (exact) mass is 413 g/mol. The fourth-order valence-electron chi connectivity index (χ4n) is 2.18. The zero-order valence-corrected chi connectivity index (χ0v) is 15.1. The lowest BCUT2D eigenvalue weighted by molar-refractivity contribution is 0.354. The Labute approximate surface area is 141 Å². The van der Waals surface area contributed by atoms with Crippen molar-refractivity contribution in [3.8, 4) is 11.5 Å². The summed E-state index contributed by atoms with van der Waals surface area (Å²) in [6.45, 7) is 0. The average molecular weight is 415 g/mol. The molecule has 0 aliphatic carbocycles. The maximum Gasteiger partial charge on any atom is 0.161 e. The van der Waals surface area contributed by atoms with Crippen LogP contribution in [0.1, 0.15) is 17.2 Å². The quantitative estimate of drug-likeness (QED) is 0.784. The molecular formula is C16H17Br2NO2. The van der Waals surface area contributed by atoms with Gasteiger partial charge in [-0.2, -0.15) is 0 Å². The predicted molar refractivity (Wildman–Crippen MR) is 92.0 cm³/mol. The van der Waals surface area contributed by atoms with Gasteiger partial charge in [0.25, 0.3) is 0 Å². The van der Waals surface area contributed by atoms with E-state index in [-0.39, 0.29) is 6.04 Å². The molecule has 0 aliphatic rings. The number of hydrogen-bond donors (Lipinski definition) is 1. The normalized spacial score (nSPS) is 12.0. The summed E-state index contributed by atoms with van der Waals surface area (Å²) in [5, 5.41) is 0. The van der Waals surface area contributed by atoms with Gasteiger partial charge in [0.1, 0.15) is 0 Å². The van der Waals surface area contributed by atoms with Crippen molar-refractivity contribution in [3.05, 3.63) is 56.5 Å². The molecule has 0 saturated carbocycles. The zero-order chi connectivity index (χ0) is 15.4. The third-order valence-corrected chi connectivity index (χ3v) is 4.43. The van der Waals surface area contributed by atoms with E-state index in [0.717, 1.165) is 20.9 Å². The van der Waals surface area contributed by atoms with E-state index in [9.17, 15) is 0 Å². The van der Waals surface area contributed by atoms with Crippen LogP contribution in [0.5, 0.6) is 11.5 Å². The van der Waals surface area contributed by atoms with Crippen LogP contribution in [0.2, 0.25) is 0 Å². The number of rotatable bonds is 5. The Morgan fingerprint density at radius 2 is 1.71 bits per heavy atom. The van der Waals surface area contributed by atoms with Crippen molar-refractivity contribution >= 4 is 31.9 Å². The first kappa shape index (κ1) is 16.3. The van der Waals surface area contributed by atoms with Crippen LogP contribution < -0.4 is 15.2 Å². The minimum atomic E-state index is -0.131. The third kappa shape index (κ3) is 3.99. The Balaban J connectivity index is 2.28. The highest BCUT2D eigenvalue weighted by molar-refractivity contribution is 9.10. The second-order valence-electron chi connectivity index (χ2n) is 4.67. The number of benzene rings is 2. The fourth-order valence-corrected chi connectivity index (χ4v) is 3.24. The molecule has 0 aromatic heterocycles. The van der Waals surface area contributed by atoms with E-state index in [4.69, 9.17) is 15.2 Å². The summed E-state index contributed by atoms with van der Waals surface area (Å²) in [6, 6.07) is 11.8. The van der Waals surface area contributed by atoms with Crippen molar-refractivity contribution in [3.63, 3.8) is 0 Å². The Morgan fingerprint density at radius 3 is 2.33 bits per heavy atom. The topological polar surface area (TPSA) is 44.5 Å². The molecule has 3 nitrogen and oxygen atoms in total. The van der Waals surface area contributed by atoms with Crippen molar-refractivity contribution in [1.82, 2.24) is 0 Å². The molecule has 1 unspecified atom stereocenters. The maximum atomic E-state index is 6.35. The Hall–Kier alpha value is -1.04. The smallest absolute Gasteiger partial charge is 0.161 e. The molecule has 0 bridgehead atoms. The van der Waals surface area contributed by atoms with Crippen molar-refractivity contribution in [2.75, 3.05) is 14.2 Å². The number of nitrogens with two attached hydrogens (primary N) is 1. The summed E-state index contributed by atoms with van der Waals surface area (Å²) in [4.78, 5) is 0. The van der Waals surface area contributed by atoms with Crippen molar-refractivity contribution in [2.45, 2.75) is 12.5 Å². The lowest BCUT2D eigenvalue weighted by Gasteiger charge is -2.17. The molecule has 0 heterocycles. The van der Waals surface area contributed by atoms with Gasteiger partial charge >= 0.3 is 0 Å². The SMILES string of the molecule is COc1cc(Br)c(C(N)Cc2cccc(Br)c2)cc1OC. The summed E-state index contributed by atoms with van der Waals surface area (Å²) in [6.07, 6.45) is 0.744. The third-order valence-electron chi connectivity index (χ3n) is 3.25.